The Kier molecular flexibility index (Phi) is 12.6. The summed E-state index contributed by atoms with van der Waals surface area (Å²) in [7, 11) is 1.20. The molecule has 0 aliphatic carbocycles. The fraction of sp³-hybridized carbons (Fsp3) is 0.424. The Morgan fingerprint density at radius 3 is 2.25 bits per heavy atom. The Bertz CT molecular complexity index is 1580. The van der Waals surface area contributed by atoms with Gasteiger partial charge in [0.25, 0.3) is 5.69 Å². The van der Waals surface area contributed by atoms with Crippen LogP contribution in [-0.2, 0) is 31.8 Å². The minimum atomic E-state index is -1.39. The van der Waals surface area contributed by atoms with Gasteiger partial charge >= 0.3 is 18.3 Å². The second-order valence-corrected chi connectivity index (χ2v) is 12.3. The van der Waals surface area contributed by atoms with E-state index in [2.05, 4.69) is 15.7 Å². The third kappa shape index (κ3) is 11.4. The zero-order valence-electron chi connectivity index (χ0n) is 27.8. The van der Waals surface area contributed by atoms with Crippen LogP contribution in [0.3, 0.4) is 0 Å². The lowest BCUT2D eigenvalue weighted by atomic mass is 9.97. The molecular weight excluding hydrogens is 626 g/mol. The Morgan fingerprint density at radius 1 is 0.979 bits per heavy atom. The van der Waals surface area contributed by atoms with Gasteiger partial charge in [0.2, 0.25) is 5.91 Å². The number of ether oxygens (including phenoxy) is 4. The molecule has 0 saturated heterocycles. The number of nitro groups is 1. The van der Waals surface area contributed by atoms with Crippen molar-refractivity contribution in [3.8, 4) is 5.75 Å². The average molecular weight is 668 g/mol. The number of carbonyl (C=O) groups is 4. The summed E-state index contributed by atoms with van der Waals surface area (Å²) in [4.78, 5) is 61.2. The van der Waals surface area contributed by atoms with Gasteiger partial charge in [0.15, 0.2) is 0 Å². The number of nitro benzene ring substituents is 1. The number of alkyl carbamates (subject to hydrolysis) is 1. The number of carbonyl (C=O) groups excluding carboxylic acids is 4. The van der Waals surface area contributed by atoms with Crippen molar-refractivity contribution >= 4 is 29.9 Å². The highest BCUT2D eigenvalue weighted by Crippen LogP contribution is 2.25. The Balaban J connectivity index is 1.80. The van der Waals surface area contributed by atoms with Crippen molar-refractivity contribution in [2.75, 3.05) is 13.7 Å². The molecule has 15 nitrogen and oxygen atoms in total. The van der Waals surface area contributed by atoms with Gasteiger partial charge in [-0.1, -0.05) is 30.3 Å². The normalized spacial score (nSPS) is 12.0. The smallest absolute Gasteiger partial charge is 0.451 e. The van der Waals surface area contributed by atoms with Crippen molar-refractivity contribution < 1.29 is 43.0 Å². The number of methoxy groups -OCH3 is 1. The molecule has 1 atom stereocenters. The highest BCUT2D eigenvalue weighted by molar-refractivity contribution is 5.89. The van der Waals surface area contributed by atoms with Crippen molar-refractivity contribution in [1.29, 1.82) is 0 Å². The van der Waals surface area contributed by atoms with Crippen molar-refractivity contribution in [2.45, 2.75) is 77.5 Å². The van der Waals surface area contributed by atoms with Gasteiger partial charge in [-0.3, -0.25) is 14.9 Å². The van der Waals surface area contributed by atoms with Crippen LogP contribution >= 0.6 is 0 Å². The molecule has 0 aliphatic heterocycles. The molecule has 2 N–H and O–H groups in total. The zero-order valence-corrected chi connectivity index (χ0v) is 27.8. The summed E-state index contributed by atoms with van der Waals surface area (Å²) in [6, 6.07) is 13.9. The fourth-order valence-electron chi connectivity index (χ4n) is 4.49. The predicted octanol–water partition coefficient (Wildman–Crippen LogP) is 5.65. The summed E-state index contributed by atoms with van der Waals surface area (Å²) in [6.45, 7) is 8.00. The fourth-order valence-corrected chi connectivity index (χ4v) is 4.49. The third-order valence-electron chi connectivity index (χ3n) is 6.84. The molecule has 0 radical (unpaired) electrons. The maximum atomic E-state index is 13.6. The molecule has 15 heteroatoms. The SMILES string of the molecule is COC(=O)n1cc(CCOC(=O)Oc2ccc([N+](=O)[O-])cc2)c(C(CCCc2ccccc2)NC(=O)C(C)(C)NC(=O)OC(C)(C)C)n1. The van der Waals surface area contributed by atoms with E-state index in [1.807, 2.05) is 30.3 Å². The molecule has 3 aromatic rings. The lowest BCUT2D eigenvalue weighted by Gasteiger charge is -2.29. The molecule has 2 amide bonds. The van der Waals surface area contributed by atoms with Crippen molar-refractivity contribution in [3.05, 3.63) is 87.7 Å². The van der Waals surface area contributed by atoms with E-state index in [1.165, 1.54) is 51.4 Å². The predicted molar refractivity (Wildman–Crippen MR) is 173 cm³/mol. The second kappa shape index (κ2) is 16.4. The molecule has 48 heavy (non-hydrogen) atoms. The number of amides is 2. The zero-order chi connectivity index (χ0) is 35.5. The van der Waals surface area contributed by atoms with Gasteiger partial charge in [0, 0.05) is 24.8 Å². The number of nitrogens with one attached hydrogen (secondary N) is 2. The van der Waals surface area contributed by atoms with Crippen LogP contribution in [0.2, 0.25) is 0 Å². The van der Waals surface area contributed by atoms with E-state index in [4.69, 9.17) is 18.9 Å². The van der Waals surface area contributed by atoms with Gasteiger partial charge in [-0.25, -0.2) is 14.4 Å². The lowest BCUT2D eigenvalue weighted by Crippen LogP contribution is -2.56. The monoisotopic (exact) mass is 667 g/mol. The van der Waals surface area contributed by atoms with Crippen LogP contribution in [-0.4, -0.2) is 63.8 Å². The van der Waals surface area contributed by atoms with Crippen LogP contribution in [0.25, 0.3) is 0 Å². The van der Waals surface area contributed by atoms with Crippen molar-refractivity contribution in [1.82, 2.24) is 20.4 Å². The van der Waals surface area contributed by atoms with Crippen LogP contribution in [0.1, 0.15) is 70.3 Å². The molecule has 258 valence electrons. The number of aromatic nitrogens is 2. The van der Waals surface area contributed by atoms with Gasteiger partial charge in [-0.05, 0) is 77.1 Å². The van der Waals surface area contributed by atoms with Crippen LogP contribution < -0.4 is 15.4 Å². The summed E-state index contributed by atoms with van der Waals surface area (Å²) < 4.78 is 21.5. The number of hydrogen-bond acceptors (Lipinski definition) is 11. The average Bonchev–Trinajstić information content (AvgIpc) is 3.43. The standard InChI is InChI=1S/C33H41N5O10/c1-32(2,3)48-29(40)35-33(4,5)28(39)34-26(14-10-13-22-11-8-7-9-12-22)27-23(21-37(36-27)30(41)45-6)19-20-46-31(42)47-25-17-15-24(16-18-25)38(43)44/h7-9,11-12,15-18,21,26H,10,13-14,19-20H2,1-6H3,(H,34,39)(H,35,40). The molecule has 1 heterocycles. The maximum Gasteiger partial charge on any atom is 0.513 e. The molecule has 1 unspecified atom stereocenters. The first-order valence-corrected chi connectivity index (χ1v) is 15.2. The van der Waals surface area contributed by atoms with Crippen molar-refractivity contribution in [3.63, 3.8) is 0 Å². The number of hydrogen-bond donors (Lipinski definition) is 2. The summed E-state index contributed by atoms with van der Waals surface area (Å²) in [5.74, 6) is -0.479. The molecule has 2 aromatic carbocycles. The number of benzene rings is 2. The van der Waals surface area contributed by atoms with Crippen LogP contribution in [0.5, 0.6) is 5.75 Å². The van der Waals surface area contributed by atoms with Gasteiger partial charge in [-0.2, -0.15) is 9.78 Å². The summed E-state index contributed by atoms with van der Waals surface area (Å²) in [5.41, 5.74) is -0.429. The molecule has 0 saturated carbocycles. The first-order chi connectivity index (χ1) is 22.6. The maximum absolute atomic E-state index is 13.6. The Hall–Kier alpha value is -5.47. The highest BCUT2D eigenvalue weighted by Gasteiger charge is 2.34. The summed E-state index contributed by atoms with van der Waals surface area (Å²) in [5, 5.41) is 20.9. The second-order valence-electron chi connectivity index (χ2n) is 12.3. The molecule has 0 fully saturated rings. The number of aryl methyl sites for hydroxylation is 1. The molecule has 0 spiro atoms. The highest BCUT2D eigenvalue weighted by atomic mass is 16.7. The van der Waals surface area contributed by atoms with E-state index in [0.717, 1.165) is 10.2 Å². The topological polar surface area (TPSA) is 190 Å². The van der Waals surface area contributed by atoms with E-state index >= 15 is 0 Å². The van der Waals surface area contributed by atoms with Gasteiger partial charge < -0.3 is 29.6 Å². The van der Waals surface area contributed by atoms with E-state index in [1.54, 1.807) is 20.8 Å². The van der Waals surface area contributed by atoms with E-state index < -0.39 is 46.4 Å². The van der Waals surface area contributed by atoms with Crippen LogP contribution in [0.15, 0.2) is 60.8 Å². The lowest BCUT2D eigenvalue weighted by molar-refractivity contribution is -0.384. The molecule has 0 bridgehead atoms. The molecule has 1 aromatic heterocycles. The quantitative estimate of drug-likeness (QED) is 0.0753. The number of rotatable bonds is 13. The van der Waals surface area contributed by atoms with Crippen LogP contribution in [0.4, 0.5) is 20.1 Å². The van der Waals surface area contributed by atoms with Gasteiger partial charge in [-0.15, -0.1) is 0 Å². The van der Waals surface area contributed by atoms with E-state index in [0.29, 0.717) is 30.5 Å². The van der Waals surface area contributed by atoms with E-state index in [9.17, 15) is 29.3 Å². The summed E-state index contributed by atoms with van der Waals surface area (Å²) in [6.07, 6.45) is 0.623. The minimum absolute atomic E-state index is 0.0496. The Labute approximate surface area is 278 Å². The van der Waals surface area contributed by atoms with Crippen LogP contribution in [0, 0.1) is 10.1 Å². The third-order valence-corrected chi connectivity index (χ3v) is 6.84. The van der Waals surface area contributed by atoms with Gasteiger partial charge in [0.1, 0.15) is 16.9 Å². The first kappa shape index (κ1) is 37.0. The number of non-ortho nitro benzene ring substituents is 1. The minimum Gasteiger partial charge on any atom is -0.451 e. The van der Waals surface area contributed by atoms with Gasteiger partial charge in [0.05, 0.1) is 30.4 Å². The molecule has 3 rings (SSSR count). The molecular formula is C33H41N5O10. The summed E-state index contributed by atoms with van der Waals surface area (Å²) >= 11 is 0. The number of nitrogens with zero attached hydrogens (tertiary/aromatic N) is 3. The molecule has 0 aliphatic rings. The Morgan fingerprint density at radius 2 is 1.65 bits per heavy atom. The first-order valence-electron chi connectivity index (χ1n) is 15.2. The van der Waals surface area contributed by atoms with E-state index in [-0.39, 0.29) is 24.5 Å². The largest absolute Gasteiger partial charge is 0.513 e. The van der Waals surface area contributed by atoms with Crippen molar-refractivity contribution in [2.24, 2.45) is 0 Å².